The molecular formula is C16H20F6O8. The predicted octanol–water partition coefficient (Wildman–Crippen LogP) is 3.08. The fraction of sp³-hybridized carbons (Fsp3) is 0.750. The average Bonchev–Trinajstić information content (AvgIpc) is 2.55. The van der Waals surface area contributed by atoms with Crippen molar-refractivity contribution in [3.8, 4) is 0 Å². The Labute approximate surface area is 166 Å². The van der Waals surface area contributed by atoms with E-state index in [0.717, 1.165) is 0 Å². The van der Waals surface area contributed by atoms with Crippen molar-refractivity contribution >= 4 is 23.9 Å². The van der Waals surface area contributed by atoms with Crippen LogP contribution in [0.3, 0.4) is 0 Å². The van der Waals surface area contributed by atoms with Gasteiger partial charge in [0.1, 0.15) is 17.6 Å². The number of aliphatic carboxylic acids is 2. The summed E-state index contributed by atoms with van der Waals surface area (Å²) in [4.78, 5) is 44.6. The van der Waals surface area contributed by atoms with E-state index in [1.165, 1.54) is 0 Å². The van der Waals surface area contributed by atoms with Crippen LogP contribution in [-0.4, -0.2) is 58.7 Å². The SMILES string of the molecule is CC(OC(=O)C(F)(F)F)C(CCCCCC(=O)O)(C(=O)O)C(C)OC(=O)C(F)(F)F. The third-order valence-corrected chi connectivity index (χ3v) is 4.36. The molecule has 0 rings (SSSR count). The molecular weight excluding hydrogens is 434 g/mol. The van der Waals surface area contributed by atoms with Crippen LogP contribution in [0.4, 0.5) is 26.3 Å². The van der Waals surface area contributed by atoms with Crippen molar-refractivity contribution in [2.24, 2.45) is 5.41 Å². The fourth-order valence-corrected chi connectivity index (χ4v) is 2.73. The molecule has 174 valence electrons. The first-order chi connectivity index (χ1) is 13.5. The smallest absolute Gasteiger partial charge is 0.481 e. The molecule has 0 saturated carbocycles. The maximum Gasteiger partial charge on any atom is 0.490 e. The van der Waals surface area contributed by atoms with Crippen molar-refractivity contribution in [2.45, 2.75) is 70.5 Å². The molecule has 0 fully saturated rings. The second kappa shape index (κ2) is 10.5. The van der Waals surface area contributed by atoms with E-state index in [1.54, 1.807) is 0 Å². The van der Waals surface area contributed by atoms with Crippen LogP contribution in [0.2, 0.25) is 0 Å². The first-order valence-corrected chi connectivity index (χ1v) is 8.47. The van der Waals surface area contributed by atoms with Gasteiger partial charge in [-0.3, -0.25) is 9.59 Å². The Morgan fingerprint density at radius 2 is 1.17 bits per heavy atom. The van der Waals surface area contributed by atoms with Gasteiger partial charge in [-0.2, -0.15) is 26.3 Å². The molecule has 0 saturated heterocycles. The van der Waals surface area contributed by atoms with Gasteiger partial charge in [0.05, 0.1) is 0 Å². The van der Waals surface area contributed by atoms with Crippen LogP contribution in [-0.2, 0) is 28.7 Å². The summed E-state index contributed by atoms with van der Waals surface area (Å²) in [5, 5.41) is 18.2. The van der Waals surface area contributed by atoms with Crippen LogP contribution in [0, 0.1) is 5.41 Å². The highest BCUT2D eigenvalue weighted by Crippen LogP contribution is 2.39. The summed E-state index contributed by atoms with van der Waals surface area (Å²) < 4.78 is 83.1. The minimum Gasteiger partial charge on any atom is -0.481 e. The summed E-state index contributed by atoms with van der Waals surface area (Å²) in [7, 11) is 0. The maximum absolute atomic E-state index is 12.5. The number of ether oxygens (including phenoxy) is 2. The number of unbranched alkanes of at least 4 members (excludes halogenated alkanes) is 2. The van der Waals surface area contributed by atoms with Crippen molar-refractivity contribution in [3.05, 3.63) is 0 Å². The van der Waals surface area contributed by atoms with Crippen molar-refractivity contribution < 1.29 is 65.2 Å². The summed E-state index contributed by atoms with van der Waals surface area (Å²) in [6.45, 7) is 1.43. The third-order valence-electron chi connectivity index (χ3n) is 4.36. The first-order valence-electron chi connectivity index (χ1n) is 8.47. The van der Waals surface area contributed by atoms with Crippen LogP contribution < -0.4 is 0 Å². The van der Waals surface area contributed by atoms with Crippen LogP contribution in [0.25, 0.3) is 0 Å². The van der Waals surface area contributed by atoms with Crippen LogP contribution in [0.1, 0.15) is 46.0 Å². The molecule has 0 aromatic heterocycles. The van der Waals surface area contributed by atoms with Gasteiger partial charge in [-0.15, -0.1) is 0 Å². The van der Waals surface area contributed by atoms with Gasteiger partial charge < -0.3 is 19.7 Å². The van der Waals surface area contributed by atoms with Gasteiger partial charge in [0, 0.05) is 6.42 Å². The van der Waals surface area contributed by atoms with Crippen molar-refractivity contribution in [3.63, 3.8) is 0 Å². The molecule has 14 heteroatoms. The zero-order valence-corrected chi connectivity index (χ0v) is 15.8. The molecule has 30 heavy (non-hydrogen) atoms. The summed E-state index contributed by atoms with van der Waals surface area (Å²) in [5.41, 5.74) is -2.66. The van der Waals surface area contributed by atoms with E-state index in [1.807, 2.05) is 0 Å². The molecule has 0 bridgehead atoms. The van der Waals surface area contributed by atoms with Crippen LogP contribution >= 0.6 is 0 Å². The second-order valence-corrected chi connectivity index (χ2v) is 6.39. The first kappa shape index (κ1) is 27.5. The number of carbonyl (C=O) groups is 4. The van der Waals surface area contributed by atoms with Gasteiger partial charge in [-0.1, -0.05) is 12.8 Å². The average molecular weight is 454 g/mol. The molecule has 0 aliphatic rings. The minimum atomic E-state index is -5.51. The summed E-state index contributed by atoms with van der Waals surface area (Å²) >= 11 is 0. The Balaban J connectivity index is 5.79. The summed E-state index contributed by atoms with van der Waals surface area (Å²) in [6, 6.07) is 0. The van der Waals surface area contributed by atoms with E-state index in [-0.39, 0.29) is 25.7 Å². The fourth-order valence-electron chi connectivity index (χ4n) is 2.73. The predicted molar refractivity (Wildman–Crippen MR) is 84.0 cm³/mol. The molecule has 0 aromatic rings. The zero-order valence-electron chi connectivity index (χ0n) is 15.8. The number of carboxylic acid groups (broad SMARTS) is 2. The van der Waals surface area contributed by atoms with Gasteiger partial charge in [-0.05, 0) is 26.7 Å². The molecule has 0 aliphatic carbocycles. The van der Waals surface area contributed by atoms with E-state index in [9.17, 15) is 50.6 Å². The Morgan fingerprint density at radius 1 is 0.767 bits per heavy atom. The van der Waals surface area contributed by atoms with E-state index < -0.39 is 60.3 Å². The van der Waals surface area contributed by atoms with Gasteiger partial charge >= 0.3 is 36.2 Å². The van der Waals surface area contributed by atoms with Gasteiger partial charge in [0.15, 0.2) is 0 Å². The molecule has 0 heterocycles. The quantitative estimate of drug-likeness (QED) is 0.277. The number of alkyl halides is 6. The minimum absolute atomic E-state index is 0.0402. The highest BCUT2D eigenvalue weighted by molar-refractivity contribution is 5.80. The van der Waals surface area contributed by atoms with Crippen molar-refractivity contribution in [1.82, 2.24) is 0 Å². The molecule has 2 unspecified atom stereocenters. The molecule has 0 aliphatic heterocycles. The van der Waals surface area contributed by atoms with Crippen molar-refractivity contribution in [1.29, 1.82) is 0 Å². The molecule has 2 atom stereocenters. The monoisotopic (exact) mass is 454 g/mol. The largest absolute Gasteiger partial charge is 0.490 e. The Morgan fingerprint density at radius 3 is 1.47 bits per heavy atom. The normalized spacial score (nSPS) is 16.1. The van der Waals surface area contributed by atoms with E-state index >= 15 is 0 Å². The Bertz CT molecular complexity index is 609. The highest BCUT2D eigenvalue weighted by atomic mass is 19.4. The topological polar surface area (TPSA) is 127 Å². The van der Waals surface area contributed by atoms with E-state index in [0.29, 0.717) is 13.8 Å². The second-order valence-electron chi connectivity index (χ2n) is 6.39. The molecule has 0 aromatic carbocycles. The lowest BCUT2D eigenvalue weighted by Crippen LogP contribution is -2.53. The maximum atomic E-state index is 12.5. The summed E-state index contributed by atoms with van der Waals surface area (Å²) in [5.74, 6) is -8.69. The molecule has 2 N–H and O–H groups in total. The number of carboxylic acids is 2. The molecule has 0 radical (unpaired) electrons. The van der Waals surface area contributed by atoms with E-state index in [4.69, 9.17) is 5.11 Å². The molecule has 0 amide bonds. The number of esters is 2. The van der Waals surface area contributed by atoms with Crippen LogP contribution in [0.5, 0.6) is 0 Å². The van der Waals surface area contributed by atoms with E-state index in [2.05, 4.69) is 9.47 Å². The highest BCUT2D eigenvalue weighted by Gasteiger charge is 2.55. The standard InChI is InChI=1S/C16H20F6O8/c1-8(29-12(27)15(17,18)19)14(11(25)26,7-5-3-4-6-10(23)24)9(2)30-13(28)16(20,21)22/h8-9H,3-7H2,1-2H3,(H,23,24)(H,25,26). The lowest BCUT2D eigenvalue weighted by atomic mass is 9.73. The molecule has 0 spiro atoms. The van der Waals surface area contributed by atoms with Crippen LogP contribution in [0.15, 0.2) is 0 Å². The number of hydrogen-bond acceptors (Lipinski definition) is 6. The summed E-state index contributed by atoms with van der Waals surface area (Å²) in [6.07, 6.45) is -16.4. The van der Waals surface area contributed by atoms with Gasteiger partial charge in [0.2, 0.25) is 0 Å². The number of rotatable bonds is 11. The zero-order chi connectivity index (χ0) is 23.9. The van der Waals surface area contributed by atoms with Gasteiger partial charge in [-0.25, -0.2) is 9.59 Å². The Kier molecular flexibility index (Phi) is 9.59. The number of halogens is 6. The Hall–Kier alpha value is -2.54. The lowest BCUT2D eigenvalue weighted by molar-refractivity contribution is -0.226. The number of hydrogen-bond donors (Lipinski definition) is 2. The lowest BCUT2D eigenvalue weighted by Gasteiger charge is -2.39. The molecule has 8 nitrogen and oxygen atoms in total. The van der Waals surface area contributed by atoms with Crippen molar-refractivity contribution in [2.75, 3.05) is 0 Å². The number of carbonyl (C=O) groups excluding carboxylic acids is 2. The third kappa shape index (κ3) is 7.71. The van der Waals surface area contributed by atoms with Gasteiger partial charge in [0.25, 0.3) is 0 Å².